The van der Waals surface area contributed by atoms with Crippen LogP contribution >= 0.6 is 0 Å². The number of nitrogens with zero attached hydrogens (tertiary/aromatic N) is 2. The smallest absolute Gasteiger partial charge is 0.253 e. The van der Waals surface area contributed by atoms with Crippen LogP contribution in [0.25, 0.3) is 0 Å². The molecule has 0 bridgehead atoms. The Kier molecular flexibility index (Phi) is 2.29. The molecule has 0 spiro atoms. The molecule has 2 heterocycles. The second kappa shape index (κ2) is 3.75. The molecule has 3 N–H and O–H groups in total. The van der Waals surface area contributed by atoms with Crippen molar-refractivity contribution >= 4 is 5.82 Å². The lowest BCUT2D eigenvalue weighted by Gasteiger charge is -1.99. The maximum absolute atomic E-state index is 8.75. The number of aromatic amines is 1. The summed E-state index contributed by atoms with van der Waals surface area (Å²) in [5.41, 5.74) is 5.67. The fraction of sp³-hybridized carbons (Fsp3) is 0.111. The molecule has 0 aromatic carbocycles. The fourth-order valence-corrected chi connectivity index (χ4v) is 1.08. The topological polar surface area (TPSA) is 101 Å². The van der Waals surface area contributed by atoms with Crippen LogP contribution in [0.2, 0.25) is 0 Å². The van der Waals surface area contributed by atoms with Crippen molar-refractivity contribution in [3.8, 4) is 11.9 Å². The van der Waals surface area contributed by atoms with Crippen molar-refractivity contribution in [1.82, 2.24) is 10.2 Å². The summed E-state index contributed by atoms with van der Waals surface area (Å²) in [6.45, 7) is 0.214. The highest BCUT2D eigenvalue weighted by atomic mass is 16.5. The molecule has 2 aromatic heterocycles. The standard InChI is InChI=1S/C9H8N4O2/c10-4-7-8(11)12-13-9(7)15-5-6-2-1-3-14-6/h1-3H,5H2,(H3,11,12,13). The largest absolute Gasteiger partial charge is 0.467 e. The lowest BCUT2D eigenvalue weighted by molar-refractivity contribution is 0.259. The minimum Gasteiger partial charge on any atom is -0.467 e. The first-order valence-electron chi connectivity index (χ1n) is 4.20. The molecule has 76 valence electrons. The molecule has 0 aliphatic carbocycles. The van der Waals surface area contributed by atoms with E-state index in [1.165, 1.54) is 0 Å². The monoisotopic (exact) mass is 204 g/mol. The SMILES string of the molecule is N#Cc1c(OCc2ccco2)n[nH]c1N. The van der Waals surface area contributed by atoms with E-state index in [0.29, 0.717) is 5.76 Å². The van der Waals surface area contributed by atoms with Gasteiger partial charge in [0.25, 0.3) is 5.88 Å². The number of nitrogens with two attached hydrogens (primary N) is 1. The number of H-pyrrole nitrogens is 1. The summed E-state index contributed by atoms with van der Waals surface area (Å²) < 4.78 is 10.3. The number of rotatable bonds is 3. The summed E-state index contributed by atoms with van der Waals surface area (Å²) >= 11 is 0. The van der Waals surface area contributed by atoms with Crippen LogP contribution in [0.4, 0.5) is 5.82 Å². The van der Waals surface area contributed by atoms with Crippen LogP contribution in [0.15, 0.2) is 22.8 Å². The summed E-state index contributed by atoms with van der Waals surface area (Å²) in [5, 5.41) is 15.0. The predicted molar refractivity (Wildman–Crippen MR) is 50.8 cm³/mol. The van der Waals surface area contributed by atoms with Gasteiger partial charge < -0.3 is 14.9 Å². The number of aromatic nitrogens is 2. The van der Waals surface area contributed by atoms with Crippen LogP contribution in [0.1, 0.15) is 11.3 Å². The number of hydrogen-bond acceptors (Lipinski definition) is 5. The maximum atomic E-state index is 8.75. The summed E-state index contributed by atoms with van der Waals surface area (Å²) in [6, 6.07) is 5.42. The average molecular weight is 204 g/mol. The van der Waals surface area contributed by atoms with Gasteiger partial charge in [-0.05, 0) is 12.1 Å². The van der Waals surface area contributed by atoms with Crippen molar-refractivity contribution in [3.63, 3.8) is 0 Å². The summed E-state index contributed by atoms with van der Waals surface area (Å²) in [7, 11) is 0. The van der Waals surface area contributed by atoms with Crippen LogP contribution in [0.3, 0.4) is 0 Å². The molecule has 2 aromatic rings. The van der Waals surface area contributed by atoms with E-state index in [1.807, 2.05) is 6.07 Å². The first-order valence-corrected chi connectivity index (χ1v) is 4.20. The van der Waals surface area contributed by atoms with Gasteiger partial charge >= 0.3 is 0 Å². The van der Waals surface area contributed by atoms with Crippen molar-refractivity contribution < 1.29 is 9.15 Å². The van der Waals surface area contributed by atoms with Crippen LogP contribution in [-0.2, 0) is 6.61 Å². The summed E-state index contributed by atoms with van der Waals surface area (Å²) in [6.07, 6.45) is 1.54. The van der Waals surface area contributed by atoms with Gasteiger partial charge in [0.05, 0.1) is 6.26 Å². The molecule has 6 heteroatoms. The Morgan fingerprint density at radius 3 is 3.20 bits per heavy atom. The predicted octanol–water partition coefficient (Wildman–Crippen LogP) is 1.04. The van der Waals surface area contributed by atoms with E-state index in [2.05, 4.69) is 10.2 Å². The zero-order chi connectivity index (χ0) is 10.7. The maximum Gasteiger partial charge on any atom is 0.253 e. The molecule has 0 unspecified atom stereocenters. The number of ether oxygens (including phenoxy) is 1. The average Bonchev–Trinajstić information content (AvgIpc) is 2.84. The van der Waals surface area contributed by atoms with E-state index in [-0.39, 0.29) is 23.9 Å². The van der Waals surface area contributed by atoms with E-state index in [9.17, 15) is 0 Å². The van der Waals surface area contributed by atoms with Crippen molar-refractivity contribution in [1.29, 1.82) is 5.26 Å². The van der Waals surface area contributed by atoms with Crippen LogP contribution < -0.4 is 10.5 Å². The molecule has 0 saturated carbocycles. The van der Waals surface area contributed by atoms with E-state index in [1.54, 1.807) is 18.4 Å². The Balaban J connectivity index is 2.09. The third-order valence-corrected chi connectivity index (χ3v) is 1.80. The van der Waals surface area contributed by atoms with Gasteiger partial charge in [0.15, 0.2) is 5.56 Å². The molecule has 0 aliphatic heterocycles. The van der Waals surface area contributed by atoms with Gasteiger partial charge in [-0.15, -0.1) is 5.10 Å². The van der Waals surface area contributed by atoms with E-state index >= 15 is 0 Å². The first kappa shape index (κ1) is 9.15. The highest BCUT2D eigenvalue weighted by molar-refractivity contribution is 5.53. The Hall–Kier alpha value is -2.42. The van der Waals surface area contributed by atoms with Gasteiger partial charge in [-0.25, -0.2) is 0 Å². The van der Waals surface area contributed by atoms with Crippen molar-refractivity contribution in [3.05, 3.63) is 29.7 Å². The van der Waals surface area contributed by atoms with Gasteiger partial charge in [0, 0.05) is 0 Å². The highest BCUT2D eigenvalue weighted by Crippen LogP contribution is 2.20. The van der Waals surface area contributed by atoms with Gasteiger partial charge in [0.1, 0.15) is 24.3 Å². The molecule has 15 heavy (non-hydrogen) atoms. The van der Waals surface area contributed by atoms with E-state index < -0.39 is 0 Å². The molecular formula is C9H8N4O2. The number of furan rings is 1. The summed E-state index contributed by atoms with van der Waals surface area (Å²) in [5.74, 6) is 1.04. The fourth-order valence-electron chi connectivity index (χ4n) is 1.08. The van der Waals surface area contributed by atoms with Crippen LogP contribution in [0.5, 0.6) is 5.88 Å². The molecule has 6 nitrogen and oxygen atoms in total. The number of anilines is 1. The zero-order valence-corrected chi connectivity index (χ0v) is 7.73. The molecule has 0 saturated heterocycles. The Labute approximate surface area is 85.3 Å². The van der Waals surface area contributed by atoms with Gasteiger partial charge in [0.2, 0.25) is 0 Å². The third kappa shape index (κ3) is 1.76. The van der Waals surface area contributed by atoms with Gasteiger partial charge in [-0.3, -0.25) is 5.10 Å². The van der Waals surface area contributed by atoms with Crippen LogP contribution in [-0.4, -0.2) is 10.2 Å². The number of nitrogen functional groups attached to an aromatic ring is 1. The van der Waals surface area contributed by atoms with Crippen LogP contribution in [0, 0.1) is 11.3 Å². The normalized spacial score (nSPS) is 9.80. The summed E-state index contributed by atoms with van der Waals surface area (Å²) in [4.78, 5) is 0. The second-order valence-electron chi connectivity index (χ2n) is 2.80. The zero-order valence-electron chi connectivity index (χ0n) is 7.73. The Morgan fingerprint density at radius 2 is 2.53 bits per heavy atom. The highest BCUT2D eigenvalue weighted by Gasteiger charge is 2.11. The van der Waals surface area contributed by atoms with Crippen molar-refractivity contribution in [2.24, 2.45) is 0 Å². The number of nitrogens with one attached hydrogen (secondary N) is 1. The molecule has 0 fully saturated rings. The Bertz CT molecular complexity index is 481. The van der Waals surface area contributed by atoms with E-state index in [0.717, 1.165) is 0 Å². The lowest BCUT2D eigenvalue weighted by atomic mass is 10.3. The van der Waals surface area contributed by atoms with E-state index in [4.69, 9.17) is 20.1 Å². The molecule has 0 radical (unpaired) electrons. The number of nitriles is 1. The number of hydrogen-bond donors (Lipinski definition) is 2. The van der Waals surface area contributed by atoms with Gasteiger partial charge in [-0.2, -0.15) is 5.26 Å². The minimum absolute atomic E-state index is 0.186. The van der Waals surface area contributed by atoms with Crippen molar-refractivity contribution in [2.45, 2.75) is 6.61 Å². The third-order valence-electron chi connectivity index (χ3n) is 1.80. The van der Waals surface area contributed by atoms with Crippen molar-refractivity contribution in [2.75, 3.05) is 5.73 Å². The quantitative estimate of drug-likeness (QED) is 0.777. The van der Waals surface area contributed by atoms with Gasteiger partial charge in [-0.1, -0.05) is 0 Å². The molecule has 0 aliphatic rings. The first-order chi connectivity index (χ1) is 7.31. The lowest BCUT2D eigenvalue weighted by Crippen LogP contribution is -1.96. The Morgan fingerprint density at radius 1 is 1.67 bits per heavy atom. The molecule has 2 rings (SSSR count). The second-order valence-corrected chi connectivity index (χ2v) is 2.80. The molecule has 0 amide bonds. The molecule has 0 atom stereocenters. The molecular weight excluding hydrogens is 196 g/mol. The minimum atomic E-state index is 0.186.